The highest BCUT2D eigenvalue weighted by atomic mass is 19.4. The van der Waals surface area contributed by atoms with Crippen LogP contribution < -0.4 is 10.1 Å². The summed E-state index contributed by atoms with van der Waals surface area (Å²) < 4.78 is 39.3. The molecule has 0 saturated carbocycles. The summed E-state index contributed by atoms with van der Waals surface area (Å²) in [5.74, 6) is -2.05. The van der Waals surface area contributed by atoms with Crippen molar-refractivity contribution in [3.63, 3.8) is 0 Å². The number of benzene rings is 1. The van der Waals surface area contributed by atoms with Crippen molar-refractivity contribution in [1.82, 2.24) is 0 Å². The number of rotatable bonds is 5. The van der Waals surface area contributed by atoms with Gasteiger partial charge >= 0.3 is 12.3 Å². The van der Waals surface area contributed by atoms with Crippen LogP contribution in [0.4, 0.5) is 18.9 Å². The van der Waals surface area contributed by atoms with E-state index < -0.39 is 24.0 Å². The molecule has 0 aliphatic rings. The Bertz CT molecular complexity index is 456. The van der Waals surface area contributed by atoms with E-state index in [2.05, 4.69) is 10.1 Å². The maximum Gasteiger partial charge on any atom is 0.573 e. The molecule has 0 fully saturated rings. The largest absolute Gasteiger partial charge is 0.573 e. The van der Waals surface area contributed by atoms with E-state index >= 15 is 0 Å². The van der Waals surface area contributed by atoms with E-state index in [1.807, 2.05) is 0 Å². The van der Waals surface area contributed by atoms with Gasteiger partial charge in [0, 0.05) is 12.1 Å². The van der Waals surface area contributed by atoms with Gasteiger partial charge in [0.2, 0.25) is 5.91 Å². The van der Waals surface area contributed by atoms with Gasteiger partial charge in [-0.05, 0) is 24.3 Å². The predicted molar refractivity (Wildman–Crippen MR) is 58.6 cm³/mol. The van der Waals surface area contributed by atoms with Crippen molar-refractivity contribution in [2.24, 2.45) is 0 Å². The maximum absolute atomic E-state index is 11.9. The minimum absolute atomic E-state index is 0.212. The third-order valence-corrected chi connectivity index (χ3v) is 1.94. The molecule has 0 atom stereocenters. The number of hydrogen-bond acceptors (Lipinski definition) is 3. The Balaban J connectivity index is 2.52. The molecule has 0 heterocycles. The molecule has 8 heteroatoms. The fourth-order valence-electron chi connectivity index (χ4n) is 1.18. The summed E-state index contributed by atoms with van der Waals surface area (Å²) in [5, 5.41) is 10.7. The number of carbonyl (C=O) groups is 2. The van der Waals surface area contributed by atoms with Crippen molar-refractivity contribution >= 4 is 17.6 Å². The highest BCUT2D eigenvalue weighted by molar-refractivity contribution is 5.92. The van der Waals surface area contributed by atoms with Crippen LogP contribution in [0.25, 0.3) is 0 Å². The predicted octanol–water partition coefficient (Wildman–Crippen LogP) is 2.39. The van der Waals surface area contributed by atoms with Crippen LogP contribution >= 0.6 is 0 Å². The second kappa shape index (κ2) is 6.07. The fourth-order valence-corrected chi connectivity index (χ4v) is 1.18. The van der Waals surface area contributed by atoms with Crippen LogP contribution in [0, 0.1) is 0 Å². The normalized spacial score (nSPS) is 10.9. The van der Waals surface area contributed by atoms with Gasteiger partial charge in [0.05, 0.1) is 6.42 Å². The van der Waals surface area contributed by atoms with Gasteiger partial charge < -0.3 is 15.2 Å². The molecular weight excluding hydrogens is 267 g/mol. The summed E-state index contributed by atoms with van der Waals surface area (Å²) in [4.78, 5) is 21.5. The zero-order chi connectivity index (χ0) is 14.5. The van der Waals surface area contributed by atoms with E-state index in [-0.39, 0.29) is 18.5 Å². The molecule has 2 N–H and O–H groups in total. The summed E-state index contributed by atoms with van der Waals surface area (Å²) in [7, 11) is 0. The molecular formula is C11H10F3NO4. The van der Waals surface area contributed by atoms with Crippen molar-refractivity contribution in [2.45, 2.75) is 19.2 Å². The molecule has 0 bridgehead atoms. The number of aliphatic carboxylic acids is 1. The highest BCUT2D eigenvalue weighted by Gasteiger charge is 2.30. The van der Waals surface area contributed by atoms with Crippen molar-refractivity contribution in [1.29, 1.82) is 0 Å². The minimum atomic E-state index is -4.77. The molecule has 1 amide bonds. The number of carboxylic acid groups (broad SMARTS) is 1. The summed E-state index contributed by atoms with van der Waals surface area (Å²) in [5.41, 5.74) is 0.255. The van der Waals surface area contributed by atoms with Crippen molar-refractivity contribution in [3.05, 3.63) is 24.3 Å². The molecule has 0 spiro atoms. The number of carboxylic acids is 1. The van der Waals surface area contributed by atoms with Crippen LogP contribution in [-0.2, 0) is 9.59 Å². The Labute approximate surface area is 106 Å². The first-order chi connectivity index (χ1) is 8.76. The second-order valence-corrected chi connectivity index (χ2v) is 3.51. The van der Waals surface area contributed by atoms with E-state index in [9.17, 15) is 22.8 Å². The van der Waals surface area contributed by atoms with Crippen LogP contribution in [0.1, 0.15) is 12.8 Å². The highest BCUT2D eigenvalue weighted by Crippen LogP contribution is 2.23. The summed E-state index contributed by atoms with van der Waals surface area (Å²) in [6, 6.07) is 4.53. The smallest absolute Gasteiger partial charge is 0.481 e. The van der Waals surface area contributed by atoms with Crippen molar-refractivity contribution in [2.75, 3.05) is 5.32 Å². The third kappa shape index (κ3) is 6.29. The average molecular weight is 277 g/mol. The van der Waals surface area contributed by atoms with Crippen LogP contribution in [0.5, 0.6) is 5.75 Å². The van der Waals surface area contributed by atoms with E-state index in [0.717, 1.165) is 12.1 Å². The van der Waals surface area contributed by atoms with Crippen molar-refractivity contribution in [3.8, 4) is 5.75 Å². The maximum atomic E-state index is 11.9. The van der Waals surface area contributed by atoms with Gasteiger partial charge in [0.1, 0.15) is 5.75 Å². The molecule has 0 unspecified atom stereocenters. The van der Waals surface area contributed by atoms with Crippen LogP contribution in [0.2, 0.25) is 0 Å². The summed E-state index contributed by atoms with van der Waals surface area (Å²) in [6.07, 6.45) is -5.30. The number of hydrogen-bond donors (Lipinski definition) is 2. The molecule has 19 heavy (non-hydrogen) atoms. The number of nitrogens with one attached hydrogen (secondary N) is 1. The number of halogens is 3. The van der Waals surface area contributed by atoms with Gasteiger partial charge in [0.15, 0.2) is 0 Å². The fraction of sp³-hybridized carbons (Fsp3) is 0.273. The lowest BCUT2D eigenvalue weighted by atomic mass is 10.2. The molecule has 104 valence electrons. The van der Waals surface area contributed by atoms with Gasteiger partial charge in [-0.25, -0.2) is 0 Å². The molecule has 0 aliphatic carbocycles. The first kappa shape index (κ1) is 14.8. The standard InChI is InChI=1S/C11H10F3NO4/c12-11(13,14)19-8-3-1-7(2-4-8)15-9(16)5-6-10(17)18/h1-4H,5-6H2,(H,15,16)(H,17,18). The van der Waals surface area contributed by atoms with E-state index in [1.54, 1.807) is 0 Å². The van der Waals surface area contributed by atoms with Crippen LogP contribution in [-0.4, -0.2) is 23.3 Å². The Morgan fingerprint density at radius 2 is 1.74 bits per heavy atom. The first-order valence-electron chi connectivity index (χ1n) is 5.14. The second-order valence-electron chi connectivity index (χ2n) is 3.51. The number of carbonyl (C=O) groups excluding carboxylic acids is 1. The van der Waals surface area contributed by atoms with E-state index in [4.69, 9.17) is 5.11 Å². The molecule has 1 aromatic rings. The molecule has 1 rings (SSSR count). The lowest BCUT2D eigenvalue weighted by Gasteiger charge is -2.09. The monoisotopic (exact) mass is 277 g/mol. The van der Waals surface area contributed by atoms with E-state index in [1.165, 1.54) is 12.1 Å². The molecule has 1 aromatic carbocycles. The Kier molecular flexibility index (Phi) is 4.74. The van der Waals surface area contributed by atoms with Gasteiger partial charge in [0.25, 0.3) is 0 Å². The van der Waals surface area contributed by atoms with Gasteiger partial charge in [-0.2, -0.15) is 0 Å². The minimum Gasteiger partial charge on any atom is -0.481 e. The van der Waals surface area contributed by atoms with Crippen LogP contribution in [0.3, 0.4) is 0 Å². The Morgan fingerprint density at radius 1 is 1.16 bits per heavy atom. The van der Waals surface area contributed by atoms with Crippen molar-refractivity contribution < 1.29 is 32.6 Å². The molecule has 0 radical (unpaired) electrons. The summed E-state index contributed by atoms with van der Waals surface area (Å²) >= 11 is 0. The quantitative estimate of drug-likeness (QED) is 0.866. The number of amides is 1. The van der Waals surface area contributed by atoms with Gasteiger partial charge in [-0.1, -0.05) is 0 Å². The zero-order valence-corrected chi connectivity index (χ0v) is 9.53. The lowest BCUT2D eigenvalue weighted by molar-refractivity contribution is -0.274. The number of alkyl halides is 3. The summed E-state index contributed by atoms with van der Waals surface area (Å²) in [6.45, 7) is 0. The number of ether oxygens (including phenoxy) is 1. The molecule has 0 aromatic heterocycles. The van der Waals surface area contributed by atoms with Gasteiger partial charge in [-0.15, -0.1) is 13.2 Å². The Hall–Kier alpha value is -2.25. The average Bonchev–Trinajstić information content (AvgIpc) is 2.27. The Morgan fingerprint density at radius 3 is 2.21 bits per heavy atom. The van der Waals surface area contributed by atoms with Crippen LogP contribution in [0.15, 0.2) is 24.3 Å². The number of anilines is 1. The zero-order valence-electron chi connectivity index (χ0n) is 9.53. The first-order valence-corrected chi connectivity index (χ1v) is 5.14. The third-order valence-electron chi connectivity index (χ3n) is 1.94. The molecule has 0 aliphatic heterocycles. The molecule has 5 nitrogen and oxygen atoms in total. The lowest BCUT2D eigenvalue weighted by Crippen LogP contribution is -2.17. The van der Waals surface area contributed by atoms with E-state index in [0.29, 0.717) is 0 Å². The SMILES string of the molecule is O=C(O)CCC(=O)Nc1ccc(OC(F)(F)F)cc1. The molecule has 0 saturated heterocycles. The topological polar surface area (TPSA) is 75.6 Å². The van der Waals surface area contributed by atoms with Gasteiger partial charge in [-0.3, -0.25) is 9.59 Å².